The predicted molar refractivity (Wildman–Crippen MR) is 68.3 cm³/mol. The topological polar surface area (TPSA) is 29.1 Å². The Morgan fingerprint density at radius 1 is 1.29 bits per heavy atom. The highest BCUT2D eigenvalue weighted by atomic mass is 16.1. The lowest BCUT2D eigenvalue weighted by atomic mass is 9.73. The third-order valence-electron chi connectivity index (χ3n) is 4.55. The van der Waals surface area contributed by atoms with Crippen LogP contribution in [0.1, 0.15) is 43.2 Å². The first kappa shape index (κ1) is 11.0. The van der Waals surface area contributed by atoms with Crippen LogP contribution in [0.5, 0.6) is 0 Å². The van der Waals surface area contributed by atoms with Gasteiger partial charge in [-0.25, -0.2) is 0 Å². The number of rotatable bonds is 1. The molecule has 1 aromatic rings. The Kier molecular flexibility index (Phi) is 2.55. The summed E-state index contributed by atoms with van der Waals surface area (Å²) < 4.78 is 0. The number of benzene rings is 1. The van der Waals surface area contributed by atoms with Crippen molar-refractivity contribution in [2.45, 2.75) is 37.5 Å². The van der Waals surface area contributed by atoms with E-state index in [4.69, 9.17) is 0 Å². The predicted octanol–water partition coefficient (Wildman–Crippen LogP) is 2.38. The lowest BCUT2D eigenvalue weighted by Gasteiger charge is -2.35. The van der Waals surface area contributed by atoms with Gasteiger partial charge < -0.3 is 5.32 Å². The average molecular weight is 229 g/mol. The molecule has 3 rings (SSSR count). The molecule has 1 fully saturated rings. The molecule has 2 heteroatoms. The second-order valence-electron chi connectivity index (χ2n) is 5.48. The summed E-state index contributed by atoms with van der Waals surface area (Å²) in [6.45, 7) is 3.90. The van der Waals surface area contributed by atoms with Gasteiger partial charge in [-0.3, -0.25) is 4.79 Å². The fourth-order valence-corrected chi connectivity index (χ4v) is 3.64. The van der Waals surface area contributed by atoms with Crippen LogP contribution in [0.15, 0.2) is 24.3 Å². The van der Waals surface area contributed by atoms with Crippen molar-refractivity contribution in [3.8, 4) is 0 Å². The first-order valence-electron chi connectivity index (χ1n) is 6.53. The Hall–Kier alpha value is -1.15. The van der Waals surface area contributed by atoms with Crippen molar-refractivity contribution in [3.63, 3.8) is 0 Å². The highest BCUT2D eigenvalue weighted by Crippen LogP contribution is 2.50. The van der Waals surface area contributed by atoms with Gasteiger partial charge >= 0.3 is 0 Å². The average Bonchev–Trinajstić information content (AvgIpc) is 2.66. The highest BCUT2D eigenvalue weighted by Gasteiger charge is 2.45. The highest BCUT2D eigenvalue weighted by molar-refractivity contribution is 5.85. The van der Waals surface area contributed by atoms with E-state index >= 15 is 0 Å². The van der Waals surface area contributed by atoms with Gasteiger partial charge in [0.1, 0.15) is 5.78 Å². The normalized spacial score (nSPS) is 25.8. The van der Waals surface area contributed by atoms with E-state index in [2.05, 4.69) is 29.6 Å². The Balaban J connectivity index is 2.07. The molecular formula is C15H19NO. The molecule has 0 unspecified atom stereocenters. The zero-order valence-corrected chi connectivity index (χ0v) is 10.3. The van der Waals surface area contributed by atoms with Gasteiger partial charge in [-0.1, -0.05) is 24.3 Å². The Morgan fingerprint density at radius 3 is 2.71 bits per heavy atom. The van der Waals surface area contributed by atoms with Crippen LogP contribution >= 0.6 is 0 Å². The van der Waals surface area contributed by atoms with Crippen LogP contribution in [0.4, 0.5) is 0 Å². The maximum absolute atomic E-state index is 11.8. The molecule has 1 heterocycles. The van der Waals surface area contributed by atoms with Crippen molar-refractivity contribution >= 4 is 5.78 Å². The monoisotopic (exact) mass is 229 g/mol. The maximum Gasteiger partial charge on any atom is 0.137 e. The molecule has 1 aliphatic carbocycles. The molecule has 1 saturated heterocycles. The Morgan fingerprint density at radius 2 is 2.00 bits per heavy atom. The molecule has 1 aliphatic heterocycles. The van der Waals surface area contributed by atoms with Crippen LogP contribution in [0.3, 0.4) is 0 Å². The van der Waals surface area contributed by atoms with Crippen LogP contribution in [-0.2, 0) is 10.2 Å². The molecule has 1 aromatic carbocycles. The second-order valence-corrected chi connectivity index (χ2v) is 5.48. The van der Waals surface area contributed by atoms with E-state index < -0.39 is 0 Å². The molecule has 17 heavy (non-hydrogen) atoms. The van der Waals surface area contributed by atoms with Crippen LogP contribution in [0.25, 0.3) is 0 Å². The molecule has 90 valence electrons. The third-order valence-corrected chi connectivity index (χ3v) is 4.55. The minimum absolute atomic E-state index is 0.143. The number of carbonyl (C=O) groups is 1. The molecular weight excluding hydrogens is 210 g/mol. The van der Waals surface area contributed by atoms with E-state index in [1.54, 1.807) is 6.92 Å². The summed E-state index contributed by atoms with van der Waals surface area (Å²) in [7, 11) is 0. The first-order valence-corrected chi connectivity index (χ1v) is 6.53. The molecule has 1 atom stereocenters. The van der Waals surface area contributed by atoms with Gasteiger partial charge in [-0.05, 0) is 55.8 Å². The lowest BCUT2D eigenvalue weighted by Crippen LogP contribution is -2.38. The number of hydrogen-bond acceptors (Lipinski definition) is 2. The molecule has 2 aliphatic rings. The number of nitrogens with one attached hydrogen (secondary N) is 1. The molecule has 2 nitrogen and oxygen atoms in total. The number of hydrogen-bond donors (Lipinski definition) is 1. The zero-order valence-electron chi connectivity index (χ0n) is 10.3. The molecule has 0 aromatic heterocycles. The first-order chi connectivity index (χ1) is 8.23. The number of carbonyl (C=O) groups excluding carboxylic acids is 1. The van der Waals surface area contributed by atoms with Gasteiger partial charge in [0, 0.05) is 5.92 Å². The van der Waals surface area contributed by atoms with Gasteiger partial charge in [0.25, 0.3) is 0 Å². The largest absolute Gasteiger partial charge is 0.317 e. The fourth-order valence-electron chi connectivity index (χ4n) is 3.64. The van der Waals surface area contributed by atoms with E-state index in [9.17, 15) is 4.79 Å². The minimum Gasteiger partial charge on any atom is -0.317 e. The van der Waals surface area contributed by atoms with E-state index in [-0.39, 0.29) is 11.3 Å². The van der Waals surface area contributed by atoms with Crippen LogP contribution in [0.2, 0.25) is 0 Å². The van der Waals surface area contributed by atoms with E-state index in [0.717, 1.165) is 19.5 Å². The summed E-state index contributed by atoms with van der Waals surface area (Å²) in [6, 6.07) is 8.57. The van der Waals surface area contributed by atoms with Crippen molar-refractivity contribution in [1.29, 1.82) is 0 Å². The molecule has 0 bridgehead atoms. The summed E-state index contributed by atoms with van der Waals surface area (Å²) in [5.74, 6) is 0.470. The van der Waals surface area contributed by atoms with Crippen molar-refractivity contribution in [3.05, 3.63) is 35.4 Å². The fraction of sp³-hybridized carbons (Fsp3) is 0.533. The summed E-state index contributed by atoms with van der Waals surface area (Å²) in [6.07, 6.45) is 3.38. The van der Waals surface area contributed by atoms with Crippen LogP contribution in [-0.4, -0.2) is 18.9 Å². The number of fused-ring (bicyclic) bond motifs is 2. The van der Waals surface area contributed by atoms with Crippen molar-refractivity contribution in [2.24, 2.45) is 0 Å². The van der Waals surface area contributed by atoms with Crippen molar-refractivity contribution in [2.75, 3.05) is 13.1 Å². The molecule has 0 amide bonds. The Bertz CT molecular complexity index is 446. The minimum atomic E-state index is 0.143. The molecule has 1 spiro atoms. The Labute approximate surface area is 102 Å². The number of Topliss-reactive ketones (excluding diaryl/α,β-unsaturated/α-hetero) is 1. The SMILES string of the molecule is CC(=O)[C@@H]1CC2(CCNCC2)c2ccccc21. The number of piperidine rings is 1. The van der Waals surface area contributed by atoms with Gasteiger partial charge in [-0.15, -0.1) is 0 Å². The third kappa shape index (κ3) is 1.62. The smallest absolute Gasteiger partial charge is 0.137 e. The van der Waals surface area contributed by atoms with Crippen LogP contribution < -0.4 is 5.32 Å². The van der Waals surface area contributed by atoms with E-state index in [1.165, 1.54) is 24.0 Å². The summed E-state index contributed by atoms with van der Waals surface area (Å²) in [5, 5.41) is 3.43. The summed E-state index contributed by atoms with van der Waals surface area (Å²) in [4.78, 5) is 11.8. The van der Waals surface area contributed by atoms with Gasteiger partial charge in [0.15, 0.2) is 0 Å². The van der Waals surface area contributed by atoms with E-state index in [1.807, 2.05) is 0 Å². The second kappa shape index (κ2) is 3.95. The molecule has 0 saturated carbocycles. The van der Waals surface area contributed by atoms with Crippen molar-refractivity contribution < 1.29 is 4.79 Å². The molecule has 1 N–H and O–H groups in total. The van der Waals surface area contributed by atoms with Gasteiger partial charge in [-0.2, -0.15) is 0 Å². The molecule has 0 radical (unpaired) electrons. The quantitative estimate of drug-likeness (QED) is 0.801. The maximum atomic E-state index is 11.8. The van der Waals surface area contributed by atoms with Crippen LogP contribution in [0, 0.1) is 0 Å². The zero-order chi connectivity index (χ0) is 11.9. The summed E-state index contributed by atoms with van der Waals surface area (Å²) >= 11 is 0. The summed E-state index contributed by atoms with van der Waals surface area (Å²) in [5.41, 5.74) is 3.02. The lowest BCUT2D eigenvalue weighted by molar-refractivity contribution is -0.118. The van der Waals surface area contributed by atoms with E-state index in [0.29, 0.717) is 5.78 Å². The standard InChI is InChI=1S/C15H19NO/c1-11(17)13-10-15(6-8-16-9-7-15)14-5-3-2-4-12(13)14/h2-5,13,16H,6-10H2,1H3/t13-/m0/s1. The van der Waals surface area contributed by atoms with Gasteiger partial charge in [0.2, 0.25) is 0 Å². The van der Waals surface area contributed by atoms with Crippen molar-refractivity contribution in [1.82, 2.24) is 5.32 Å². The number of ketones is 1. The van der Waals surface area contributed by atoms with Gasteiger partial charge in [0.05, 0.1) is 0 Å².